The fourth-order valence-corrected chi connectivity index (χ4v) is 1.06. The lowest BCUT2D eigenvalue weighted by Crippen LogP contribution is -2.08. The summed E-state index contributed by atoms with van der Waals surface area (Å²) in [5, 5.41) is -0.336. The Morgan fingerprint density at radius 1 is 1.50 bits per heavy atom. The van der Waals surface area contributed by atoms with Crippen LogP contribution in [0.25, 0.3) is 0 Å². The van der Waals surface area contributed by atoms with Crippen LogP contribution < -0.4 is 0 Å². The van der Waals surface area contributed by atoms with Gasteiger partial charge in [-0.15, -0.1) is 11.6 Å². The van der Waals surface area contributed by atoms with Gasteiger partial charge in [-0.1, -0.05) is 25.0 Å². The van der Waals surface area contributed by atoms with Gasteiger partial charge in [-0.05, 0) is 26.7 Å². The number of carbonyl (C=O) groups is 1. The topological polar surface area (TPSA) is 17.1 Å². The molecule has 2 heteroatoms. The third kappa shape index (κ3) is 5.36. The molecule has 1 unspecified atom stereocenters. The van der Waals surface area contributed by atoms with Gasteiger partial charge < -0.3 is 0 Å². The number of allylic oxidation sites excluding steroid dienone is 2. The maximum atomic E-state index is 10.8. The highest BCUT2D eigenvalue weighted by Crippen LogP contribution is 2.09. The van der Waals surface area contributed by atoms with Crippen molar-refractivity contribution in [1.82, 2.24) is 0 Å². The standard InChI is InChI=1S/C10H17ClO/c1-4-5-8(2)6-7-10(11)9(3)12/h6,10H,4-5,7H2,1-3H3/b8-6+. The number of Topliss-reactive ketones (excluding diaryl/α,β-unsaturated/α-hetero) is 1. The molecule has 0 spiro atoms. The molecule has 0 radical (unpaired) electrons. The zero-order chi connectivity index (χ0) is 9.56. The third-order valence-electron chi connectivity index (χ3n) is 1.76. The van der Waals surface area contributed by atoms with Gasteiger partial charge in [-0.2, -0.15) is 0 Å². The molecule has 1 nitrogen and oxygen atoms in total. The van der Waals surface area contributed by atoms with Crippen LogP contribution in [-0.2, 0) is 4.79 Å². The van der Waals surface area contributed by atoms with Crippen molar-refractivity contribution in [3.8, 4) is 0 Å². The smallest absolute Gasteiger partial charge is 0.147 e. The molecule has 0 aliphatic rings. The second-order valence-electron chi connectivity index (χ2n) is 3.11. The summed E-state index contributed by atoms with van der Waals surface area (Å²) in [6.07, 6.45) is 4.97. The first-order valence-electron chi connectivity index (χ1n) is 4.38. The molecular weight excluding hydrogens is 172 g/mol. The number of rotatable bonds is 5. The number of alkyl halides is 1. The summed E-state index contributed by atoms with van der Waals surface area (Å²) in [4.78, 5) is 10.8. The third-order valence-corrected chi connectivity index (χ3v) is 2.24. The summed E-state index contributed by atoms with van der Waals surface area (Å²) in [7, 11) is 0. The van der Waals surface area contributed by atoms with Gasteiger partial charge in [-0.3, -0.25) is 4.79 Å². The minimum Gasteiger partial charge on any atom is -0.298 e. The Bertz CT molecular complexity index is 173. The molecule has 70 valence electrons. The van der Waals surface area contributed by atoms with Gasteiger partial charge in [0.05, 0.1) is 5.38 Å². The van der Waals surface area contributed by atoms with Crippen LogP contribution in [0, 0.1) is 0 Å². The van der Waals surface area contributed by atoms with Gasteiger partial charge in [0.15, 0.2) is 0 Å². The molecule has 0 bridgehead atoms. The Hall–Kier alpha value is -0.300. The first-order valence-corrected chi connectivity index (χ1v) is 4.81. The van der Waals surface area contributed by atoms with Crippen LogP contribution in [0.1, 0.15) is 40.0 Å². The van der Waals surface area contributed by atoms with Gasteiger partial charge in [0.25, 0.3) is 0 Å². The van der Waals surface area contributed by atoms with E-state index >= 15 is 0 Å². The molecule has 1 atom stereocenters. The summed E-state index contributed by atoms with van der Waals surface area (Å²) < 4.78 is 0. The predicted molar refractivity (Wildman–Crippen MR) is 53.6 cm³/mol. The SMILES string of the molecule is CCC/C(C)=C/CC(Cl)C(C)=O. The van der Waals surface area contributed by atoms with Crippen LogP contribution >= 0.6 is 11.6 Å². The number of hydrogen-bond acceptors (Lipinski definition) is 1. The Morgan fingerprint density at radius 3 is 2.50 bits per heavy atom. The molecule has 0 aromatic heterocycles. The van der Waals surface area contributed by atoms with Crippen molar-refractivity contribution < 1.29 is 4.79 Å². The average molecular weight is 189 g/mol. The Labute approximate surface area is 79.8 Å². The number of ketones is 1. The number of halogens is 1. The predicted octanol–water partition coefficient (Wildman–Crippen LogP) is 3.32. The zero-order valence-electron chi connectivity index (χ0n) is 8.06. The lowest BCUT2D eigenvalue weighted by molar-refractivity contribution is -0.116. The molecule has 0 rings (SSSR count). The lowest BCUT2D eigenvalue weighted by Gasteiger charge is -2.02. The molecule has 0 N–H and O–H groups in total. The molecule has 0 saturated carbocycles. The molecule has 0 saturated heterocycles. The Kier molecular flexibility index (Phi) is 6.09. The van der Waals surface area contributed by atoms with Gasteiger partial charge in [0.2, 0.25) is 0 Å². The molecule has 0 aliphatic carbocycles. The Morgan fingerprint density at radius 2 is 2.08 bits per heavy atom. The van der Waals surface area contributed by atoms with Crippen molar-refractivity contribution in [3.63, 3.8) is 0 Å². The molecule has 12 heavy (non-hydrogen) atoms. The molecule has 0 aromatic carbocycles. The molecule has 0 aliphatic heterocycles. The monoisotopic (exact) mass is 188 g/mol. The van der Waals surface area contributed by atoms with Crippen molar-refractivity contribution in [2.75, 3.05) is 0 Å². The van der Waals surface area contributed by atoms with E-state index in [1.54, 1.807) is 0 Å². The molecule has 0 amide bonds. The minimum absolute atomic E-state index is 0.0530. The minimum atomic E-state index is -0.336. The van der Waals surface area contributed by atoms with Crippen LogP contribution in [0.3, 0.4) is 0 Å². The van der Waals surface area contributed by atoms with Gasteiger partial charge >= 0.3 is 0 Å². The highest BCUT2D eigenvalue weighted by atomic mass is 35.5. The van der Waals surface area contributed by atoms with Gasteiger partial charge in [0, 0.05) is 0 Å². The van der Waals surface area contributed by atoms with E-state index < -0.39 is 0 Å². The van der Waals surface area contributed by atoms with E-state index in [0.29, 0.717) is 6.42 Å². The second kappa shape index (κ2) is 6.24. The maximum absolute atomic E-state index is 10.8. The largest absolute Gasteiger partial charge is 0.298 e. The van der Waals surface area contributed by atoms with E-state index in [4.69, 9.17) is 11.6 Å². The van der Waals surface area contributed by atoms with Crippen molar-refractivity contribution >= 4 is 17.4 Å². The highest BCUT2D eigenvalue weighted by molar-refractivity contribution is 6.30. The van der Waals surface area contributed by atoms with Crippen molar-refractivity contribution in [2.45, 2.75) is 45.4 Å². The summed E-state index contributed by atoms with van der Waals surface area (Å²) >= 11 is 5.77. The van der Waals surface area contributed by atoms with Crippen molar-refractivity contribution in [3.05, 3.63) is 11.6 Å². The summed E-state index contributed by atoms with van der Waals surface area (Å²) in [5.41, 5.74) is 1.32. The summed E-state index contributed by atoms with van der Waals surface area (Å²) in [5.74, 6) is 0.0530. The van der Waals surface area contributed by atoms with Crippen LogP contribution in [0.5, 0.6) is 0 Å². The van der Waals surface area contributed by atoms with E-state index in [2.05, 4.69) is 19.9 Å². The highest BCUT2D eigenvalue weighted by Gasteiger charge is 2.07. The number of hydrogen-bond donors (Lipinski definition) is 0. The van der Waals surface area contributed by atoms with Gasteiger partial charge in [0.1, 0.15) is 5.78 Å². The van der Waals surface area contributed by atoms with E-state index in [1.807, 2.05) is 0 Å². The van der Waals surface area contributed by atoms with Crippen molar-refractivity contribution in [2.24, 2.45) is 0 Å². The molecule has 0 fully saturated rings. The van der Waals surface area contributed by atoms with E-state index in [1.165, 1.54) is 12.5 Å². The maximum Gasteiger partial charge on any atom is 0.147 e. The first kappa shape index (κ1) is 11.7. The van der Waals surface area contributed by atoms with Crippen LogP contribution in [-0.4, -0.2) is 11.2 Å². The second-order valence-corrected chi connectivity index (χ2v) is 3.64. The van der Waals surface area contributed by atoms with Crippen LogP contribution in [0.15, 0.2) is 11.6 Å². The quantitative estimate of drug-likeness (QED) is 0.478. The molecular formula is C10H17ClO. The fourth-order valence-electron chi connectivity index (χ4n) is 0.967. The van der Waals surface area contributed by atoms with E-state index in [0.717, 1.165) is 12.8 Å². The summed E-state index contributed by atoms with van der Waals surface area (Å²) in [6, 6.07) is 0. The van der Waals surface area contributed by atoms with E-state index in [9.17, 15) is 4.79 Å². The fraction of sp³-hybridized carbons (Fsp3) is 0.700. The van der Waals surface area contributed by atoms with E-state index in [-0.39, 0.29) is 11.2 Å². The Balaban J connectivity index is 3.78. The molecule has 0 heterocycles. The summed E-state index contributed by atoms with van der Waals surface area (Å²) in [6.45, 7) is 5.74. The van der Waals surface area contributed by atoms with Gasteiger partial charge in [-0.25, -0.2) is 0 Å². The average Bonchev–Trinajstić information content (AvgIpc) is 2.00. The number of carbonyl (C=O) groups excluding carboxylic acids is 1. The van der Waals surface area contributed by atoms with Crippen molar-refractivity contribution in [1.29, 1.82) is 0 Å². The normalized spacial score (nSPS) is 14.5. The van der Waals surface area contributed by atoms with Crippen LogP contribution in [0.4, 0.5) is 0 Å². The lowest BCUT2D eigenvalue weighted by atomic mass is 10.1. The zero-order valence-corrected chi connectivity index (χ0v) is 8.82. The van der Waals surface area contributed by atoms with Crippen LogP contribution in [0.2, 0.25) is 0 Å². The molecule has 0 aromatic rings. The first-order chi connectivity index (χ1) is 5.57.